The molecule has 0 saturated carbocycles. The summed E-state index contributed by atoms with van der Waals surface area (Å²) in [5, 5.41) is 8.03. The van der Waals surface area contributed by atoms with Gasteiger partial charge >= 0.3 is 0 Å². The molecule has 0 bridgehead atoms. The van der Waals surface area contributed by atoms with Gasteiger partial charge in [0, 0.05) is 36.4 Å². The van der Waals surface area contributed by atoms with E-state index in [1.807, 2.05) is 17.1 Å². The van der Waals surface area contributed by atoms with E-state index >= 15 is 0 Å². The second-order valence-corrected chi connectivity index (χ2v) is 3.77. The normalized spacial score (nSPS) is 10.4. The van der Waals surface area contributed by atoms with Gasteiger partial charge < -0.3 is 5.32 Å². The first-order valence-corrected chi connectivity index (χ1v) is 5.15. The maximum absolute atomic E-state index is 5.62. The molecule has 3 nitrogen and oxygen atoms in total. The van der Waals surface area contributed by atoms with Crippen LogP contribution in [0.3, 0.4) is 0 Å². The molecule has 78 valence electrons. The van der Waals surface area contributed by atoms with Crippen LogP contribution in [0.5, 0.6) is 0 Å². The van der Waals surface area contributed by atoms with Gasteiger partial charge in [0.05, 0.1) is 6.20 Å². The number of hydrogen-bond acceptors (Lipinski definition) is 2. The van der Waals surface area contributed by atoms with E-state index < -0.39 is 0 Å². The van der Waals surface area contributed by atoms with Gasteiger partial charge in [-0.05, 0) is 6.42 Å². The second-order valence-electron chi connectivity index (χ2n) is 3.23. The van der Waals surface area contributed by atoms with Crippen LogP contribution in [-0.4, -0.2) is 16.3 Å². The van der Waals surface area contributed by atoms with Crippen LogP contribution in [0.1, 0.15) is 18.9 Å². The fourth-order valence-electron chi connectivity index (χ4n) is 1.19. The molecule has 0 fully saturated rings. The third-order valence-electron chi connectivity index (χ3n) is 1.79. The molecule has 0 aliphatic carbocycles. The highest BCUT2D eigenvalue weighted by Crippen LogP contribution is 1.99. The van der Waals surface area contributed by atoms with Crippen LogP contribution < -0.4 is 5.32 Å². The van der Waals surface area contributed by atoms with Gasteiger partial charge in [0.15, 0.2) is 0 Å². The summed E-state index contributed by atoms with van der Waals surface area (Å²) < 4.78 is 1.95. The summed E-state index contributed by atoms with van der Waals surface area (Å²) in [5.74, 6) is 0. The van der Waals surface area contributed by atoms with Gasteiger partial charge in [-0.15, -0.1) is 0 Å². The van der Waals surface area contributed by atoms with E-state index in [1.165, 1.54) is 5.56 Å². The van der Waals surface area contributed by atoms with Crippen LogP contribution in [0.15, 0.2) is 24.0 Å². The molecular weight excluding hydrogens is 198 g/mol. The average molecular weight is 214 g/mol. The lowest BCUT2D eigenvalue weighted by molar-refractivity contribution is 0.601. The van der Waals surface area contributed by atoms with Crippen molar-refractivity contribution in [3.63, 3.8) is 0 Å². The molecule has 1 heterocycles. The molecule has 0 amide bonds. The van der Waals surface area contributed by atoms with Crippen molar-refractivity contribution in [2.75, 3.05) is 6.54 Å². The van der Waals surface area contributed by atoms with Crippen LogP contribution in [-0.2, 0) is 13.1 Å². The van der Waals surface area contributed by atoms with Crippen molar-refractivity contribution in [1.29, 1.82) is 0 Å². The lowest BCUT2D eigenvalue weighted by Gasteiger charge is -1.99. The Balaban J connectivity index is 2.32. The number of halogens is 1. The summed E-state index contributed by atoms with van der Waals surface area (Å²) in [6.07, 6.45) is 5.03. The molecule has 0 unspecified atom stereocenters. The van der Waals surface area contributed by atoms with E-state index in [4.69, 9.17) is 11.6 Å². The fraction of sp³-hybridized carbons (Fsp3) is 0.500. The predicted molar refractivity (Wildman–Crippen MR) is 59.2 cm³/mol. The molecule has 0 aliphatic heterocycles. The highest BCUT2D eigenvalue weighted by atomic mass is 35.5. The molecule has 0 radical (unpaired) electrons. The van der Waals surface area contributed by atoms with Crippen molar-refractivity contribution in [3.8, 4) is 0 Å². The average Bonchev–Trinajstić information content (AvgIpc) is 2.53. The number of aromatic nitrogens is 2. The van der Waals surface area contributed by atoms with Gasteiger partial charge in [-0.2, -0.15) is 5.10 Å². The third-order valence-corrected chi connectivity index (χ3v) is 1.92. The van der Waals surface area contributed by atoms with Crippen molar-refractivity contribution < 1.29 is 0 Å². The zero-order valence-corrected chi connectivity index (χ0v) is 9.22. The van der Waals surface area contributed by atoms with Crippen LogP contribution in [0.4, 0.5) is 0 Å². The second kappa shape index (κ2) is 5.83. The van der Waals surface area contributed by atoms with Crippen molar-refractivity contribution in [1.82, 2.24) is 15.1 Å². The zero-order valence-electron chi connectivity index (χ0n) is 8.46. The highest BCUT2D eigenvalue weighted by Gasteiger charge is 1.97. The Morgan fingerprint density at radius 2 is 2.50 bits per heavy atom. The largest absolute Gasteiger partial charge is 0.308 e. The molecule has 0 atom stereocenters. The SMILES string of the molecule is C=C(Cl)CNCc1cnn(CCC)c1. The highest BCUT2D eigenvalue weighted by molar-refractivity contribution is 6.29. The Labute approximate surface area is 89.8 Å². The molecule has 1 rings (SSSR count). The van der Waals surface area contributed by atoms with Crippen LogP contribution in [0.25, 0.3) is 0 Å². The topological polar surface area (TPSA) is 29.9 Å². The first kappa shape index (κ1) is 11.3. The number of aryl methyl sites for hydroxylation is 1. The van der Waals surface area contributed by atoms with Gasteiger partial charge in [-0.3, -0.25) is 4.68 Å². The maximum atomic E-state index is 5.62. The minimum atomic E-state index is 0.631. The lowest BCUT2D eigenvalue weighted by atomic mass is 10.3. The quantitative estimate of drug-likeness (QED) is 0.785. The summed E-state index contributed by atoms with van der Waals surface area (Å²) in [6.45, 7) is 8.14. The van der Waals surface area contributed by atoms with E-state index in [-0.39, 0.29) is 0 Å². The summed E-state index contributed by atoms with van der Waals surface area (Å²) in [7, 11) is 0. The fourth-order valence-corrected chi connectivity index (χ4v) is 1.29. The molecule has 0 aliphatic rings. The van der Waals surface area contributed by atoms with Gasteiger partial charge in [0.2, 0.25) is 0 Å². The summed E-state index contributed by atoms with van der Waals surface area (Å²) in [5.41, 5.74) is 1.18. The minimum absolute atomic E-state index is 0.631. The first-order valence-electron chi connectivity index (χ1n) is 4.77. The first-order chi connectivity index (χ1) is 6.72. The molecule has 1 aromatic rings. The smallest absolute Gasteiger partial charge is 0.0534 e. The predicted octanol–water partition coefficient (Wildman–Crippen LogP) is 2.14. The summed E-state index contributed by atoms with van der Waals surface area (Å²) in [6, 6.07) is 0. The molecule has 4 heteroatoms. The molecule has 0 aromatic carbocycles. The van der Waals surface area contributed by atoms with Crippen molar-refractivity contribution in [2.45, 2.75) is 26.4 Å². The van der Waals surface area contributed by atoms with Crippen LogP contribution >= 0.6 is 11.6 Å². The monoisotopic (exact) mass is 213 g/mol. The van der Waals surface area contributed by atoms with Crippen LogP contribution in [0.2, 0.25) is 0 Å². The Hall–Kier alpha value is -0.800. The zero-order chi connectivity index (χ0) is 10.4. The number of nitrogens with one attached hydrogen (secondary N) is 1. The van der Waals surface area contributed by atoms with Gasteiger partial charge in [-0.25, -0.2) is 0 Å². The van der Waals surface area contributed by atoms with Crippen LogP contribution in [0, 0.1) is 0 Å². The third kappa shape index (κ3) is 3.94. The van der Waals surface area contributed by atoms with Gasteiger partial charge in [0.25, 0.3) is 0 Å². The molecule has 0 spiro atoms. The number of hydrogen-bond donors (Lipinski definition) is 1. The maximum Gasteiger partial charge on any atom is 0.0534 e. The Bertz CT molecular complexity index is 293. The summed E-state index contributed by atoms with van der Waals surface area (Å²) in [4.78, 5) is 0. The van der Waals surface area contributed by atoms with Gasteiger partial charge in [-0.1, -0.05) is 25.1 Å². The van der Waals surface area contributed by atoms with Crippen molar-refractivity contribution in [2.24, 2.45) is 0 Å². The van der Waals surface area contributed by atoms with Crippen molar-refractivity contribution in [3.05, 3.63) is 29.6 Å². The minimum Gasteiger partial charge on any atom is -0.308 e. The molecule has 14 heavy (non-hydrogen) atoms. The standard InChI is InChI=1S/C10H16ClN3/c1-3-4-14-8-10(7-13-14)6-12-5-9(2)11/h7-8,12H,2-6H2,1H3. The molecular formula is C10H16ClN3. The lowest BCUT2D eigenvalue weighted by Crippen LogP contribution is -2.14. The molecule has 1 aromatic heterocycles. The van der Waals surface area contributed by atoms with E-state index in [2.05, 4.69) is 23.9 Å². The van der Waals surface area contributed by atoms with E-state index in [0.29, 0.717) is 11.6 Å². The number of nitrogens with zero attached hydrogens (tertiary/aromatic N) is 2. The Kier molecular flexibility index (Phi) is 4.70. The summed E-state index contributed by atoms with van der Waals surface area (Å²) >= 11 is 5.62. The van der Waals surface area contributed by atoms with Crippen molar-refractivity contribution >= 4 is 11.6 Å². The number of rotatable bonds is 6. The van der Waals surface area contributed by atoms with E-state index in [0.717, 1.165) is 19.5 Å². The van der Waals surface area contributed by atoms with E-state index in [1.54, 1.807) is 0 Å². The Morgan fingerprint density at radius 1 is 1.71 bits per heavy atom. The molecule has 0 saturated heterocycles. The van der Waals surface area contributed by atoms with E-state index in [9.17, 15) is 0 Å². The molecule has 1 N–H and O–H groups in total. The van der Waals surface area contributed by atoms with Gasteiger partial charge in [0.1, 0.15) is 0 Å². The Morgan fingerprint density at radius 3 is 3.14 bits per heavy atom.